The van der Waals surface area contributed by atoms with E-state index in [1.54, 1.807) is 0 Å². The minimum absolute atomic E-state index is 0.492. The molecule has 0 aliphatic rings. The Morgan fingerprint density at radius 2 is 1.55 bits per heavy atom. The van der Waals surface area contributed by atoms with Crippen molar-refractivity contribution in [2.45, 2.75) is 65.2 Å². The third kappa shape index (κ3) is 4.40. The second-order valence-corrected chi connectivity index (χ2v) is 6.81. The Labute approximate surface area is 135 Å². The molecule has 0 fully saturated rings. The summed E-state index contributed by atoms with van der Waals surface area (Å²) in [5.41, 5.74) is 5.01. The standard InChI is InChI=1S/C20H28N2/c1-14(2)18-10-11-21-20(12-18)17(5)8-7-16(4)19-9-6-15(3)13-22-19/h6,9-14,16-17H,7-8H2,1-5H3. The Morgan fingerprint density at radius 3 is 2.14 bits per heavy atom. The SMILES string of the molecule is Cc1ccc(C(C)CCC(C)c2cc(C(C)C)ccn2)nc1. The highest BCUT2D eigenvalue weighted by Crippen LogP contribution is 2.27. The van der Waals surface area contributed by atoms with Gasteiger partial charge in [-0.15, -0.1) is 0 Å². The van der Waals surface area contributed by atoms with Gasteiger partial charge in [-0.05, 0) is 66.8 Å². The Bertz CT molecular complexity index is 587. The van der Waals surface area contributed by atoms with Gasteiger partial charge in [0, 0.05) is 23.8 Å². The summed E-state index contributed by atoms with van der Waals surface area (Å²) in [6.07, 6.45) is 6.20. The maximum atomic E-state index is 4.57. The van der Waals surface area contributed by atoms with Crippen molar-refractivity contribution in [1.29, 1.82) is 0 Å². The molecule has 0 amide bonds. The molecule has 0 N–H and O–H groups in total. The third-order valence-electron chi connectivity index (χ3n) is 4.45. The molecular formula is C20H28N2. The molecule has 0 saturated heterocycles. The van der Waals surface area contributed by atoms with Gasteiger partial charge in [0.2, 0.25) is 0 Å². The van der Waals surface area contributed by atoms with Crippen molar-refractivity contribution in [2.24, 2.45) is 0 Å². The van der Waals surface area contributed by atoms with E-state index in [9.17, 15) is 0 Å². The van der Waals surface area contributed by atoms with Crippen LogP contribution in [0, 0.1) is 6.92 Å². The first-order valence-electron chi connectivity index (χ1n) is 8.35. The number of aryl methyl sites for hydroxylation is 1. The summed E-state index contributed by atoms with van der Waals surface area (Å²) >= 11 is 0. The van der Waals surface area contributed by atoms with Crippen LogP contribution in [0.3, 0.4) is 0 Å². The smallest absolute Gasteiger partial charge is 0.0434 e. The Morgan fingerprint density at radius 1 is 0.864 bits per heavy atom. The largest absolute Gasteiger partial charge is 0.261 e. The third-order valence-corrected chi connectivity index (χ3v) is 4.45. The first kappa shape index (κ1) is 16.7. The van der Waals surface area contributed by atoms with Gasteiger partial charge in [0.15, 0.2) is 0 Å². The average Bonchev–Trinajstić information content (AvgIpc) is 2.53. The van der Waals surface area contributed by atoms with E-state index in [0.717, 1.165) is 12.8 Å². The molecule has 118 valence electrons. The lowest BCUT2D eigenvalue weighted by Gasteiger charge is -2.16. The maximum Gasteiger partial charge on any atom is 0.0434 e. The van der Waals surface area contributed by atoms with Gasteiger partial charge in [0.1, 0.15) is 0 Å². The molecule has 2 aromatic rings. The molecule has 0 aromatic carbocycles. The van der Waals surface area contributed by atoms with Crippen LogP contribution in [-0.4, -0.2) is 9.97 Å². The Balaban J connectivity index is 1.96. The van der Waals surface area contributed by atoms with Crippen molar-refractivity contribution >= 4 is 0 Å². The molecule has 2 aromatic heterocycles. The van der Waals surface area contributed by atoms with Gasteiger partial charge in [0.25, 0.3) is 0 Å². The fourth-order valence-corrected chi connectivity index (χ4v) is 2.66. The first-order chi connectivity index (χ1) is 10.5. The number of hydrogen-bond donors (Lipinski definition) is 0. The normalized spacial score (nSPS) is 14.1. The van der Waals surface area contributed by atoms with Gasteiger partial charge in [-0.1, -0.05) is 33.8 Å². The van der Waals surface area contributed by atoms with E-state index in [1.165, 1.54) is 22.5 Å². The van der Waals surface area contributed by atoms with Gasteiger partial charge in [-0.25, -0.2) is 0 Å². The fourth-order valence-electron chi connectivity index (χ4n) is 2.66. The van der Waals surface area contributed by atoms with E-state index >= 15 is 0 Å². The molecule has 0 aliphatic carbocycles. The highest BCUT2D eigenvalue weighted by Gasteiger charge is 2.13. The molecule has 2 unspecified atom stereocenters. The van der Waals surface area contributed by atoms with E-state index in [1.807, 2.05) is 12.4 Å². The van der Waals surface area contributed by atoms with Crippen molar-refractivity contribution < 1.29 is 0 Å². The zero-order valence-corrected chi connectivity index (χ0v) is 14.5. The molecule has 2 atom stereocenters. The number of aromatic nitrogens is 2. The average molecular weight is 296 g/mol. The van der Waals surface area contributed by atoms with Crippen molar-refractivity contribution in [2.75, 3.05) is 0 Å². The molecule has 22 heavy (non-hydrogen) atoms. The monoisotopic (exact) mass is 296 g/mol. The molecular weight excluding hydrogens is 268 g/mol. The van der Waals surface area contributed by atoms with Crippen LogP contribution in [0.25, 0.3) is 0 Å². The van der Waals surface area contributed by atoms with Crippen LogP contribution < -0.4 is 0 Å². The molecule has 2 nitrogen and oxygen atoms in total. The minimum atomic E-state index is 0.492. The van der Waals surface area contributed by atoms with Crippen molar-refractivity contribution in [3.05, 3.63) is 59.2 Å². The summed E-state index contributed by atoms with van der Waals surface area (Å²) in [7, 11) is 0. The predicted octanol–water partition coefficient (Wildman–Crippen LogP) is 5.60. The van der Waals surface area contributed by atoms with E-state index in [4.69, 9.17) is 0 Å². The number of rotatable bonds is 6. The lowest BCUT2D eigenvalue weighted by molar-refractivity contribution is 0.557. The van der Waals surface area contributed by atoms with Crippen LogP contribution >= 0.6 is 0 Å². The van der Waals surface area contributed by atoms with Crippen molar-refractivity contribution in [3.63, 3.8) is 0 Å². The highest BCUT2D eigenvalue weighted by atomic mass is 14.7. The number of nitrogens with zero attached hydrogens (tertiary/aromatic N) is 2. The van der Waals surface area contributed by atoms with Crippen LogP contribution in [0.1, 0.15) is 80.8 Å². The van der Waals surface area contributed by atoms with Crippen LogP contribution in [0.5, 0.6) is 0 Å². The summed E-state index contributed by atoms with van der Waals surface area (Å²) < 4.78 is 0. The van der Waals surface area contributed by atoms with E-state index < -0.39 is 0 Å². The van der Waals surface area contributed by atoms with Crippen LogP contribution in [0.2, 0.25) is 0 Å². The zero-order valence-electron chi connectivity index (χ0n) is 14.5. The highest BCUT2D eigenvalue weighted by molar-refractivity contribution is 5.22. The summed E-state index contributed by atoms with van der Waals surface area (Å²) in [6.45, 7) is 11.1. The molecule has 0 radical (unpaired) electrons. The van der Waals surface area contributed by atoms with E-state index in [-0.39, 0.29) is 0 Å². The Kier molecular flexibility index (Phi) is 5.70. The second kappa shape index (κ2) is 7.53. The molecule has 2 heteroatoms. The van der Waals surface area contributed by atoms with Crippen LogP contribution in [0.4, 0.5) is 0 Å². The molecule has 0 aliphatic heterocycles. The van der Waals surface area contributed by atoms with E-state index in [0.29, 0.717) is 17.8 Å². The maximum absolute atomic E-state index is 4.57. The van der Waals surface area contributed by atoms with Crippen LogP contribution in [0.15, 0.2) is 36.7 Å². The lowest BCUT2D eigenvalue weighted by atomic mass is 9.92. The second-order valence-electron chi connectivity index (χ2n) is 6.81. The predicted molar refractivity (Wildman–Crippen MR) is 93.4 cm³/mol. The van der Waals surface area contributed by atoms with Crippen LogP contribution in [-0.2, 0) is 0 Å². The van der Waals surface area contributed by atoms with Gasteiger partial charge < -0.3 is 0 Å². The molecule has 0 spiro atoms. The fraction of sp³-hybridized carbons (Fsp3) is 0.500. The number of hydrogen-bond acceptors (Lipinski definition) is 2. The van der Waals surface area contributed by atoms with Gasteiger partial charge in [0.05, 0.1) is 0 Å². The first-order valence-corrected chi connectivity index (χ1v) is 8.35. The molecule has 0 bridgehead atoms. The zero-order chi connectivity index (χ0) is 16.1. The summed E-state index contributed by atoms with van der Waals surface area (Å²) in [4.78, 5) is 9.12. The Hall–Kier alpha value is -1.70. The van der Waals surface area contributed by atoms with Crippen molar-refractivity contribution in [1.82, 2.24) is 9.97 Å². The lowest BCUT2D eigenvalue weighted by Crippen LogP contribution is -2.03. The quantitative estimate of drug-likeness (QED) is 0.693. The van der Waals surface area contributed by atoms with Crippen molar-refractivity contribution in [3.8, 4) is 0 Å². The topological polar surface area (TPSA) is 25.8 Å². The summed E-state index contributed by atoms with van der Waals surface area (Å²) in [5, 5.41) is 0. The summed E-state index contributed by atoms with van der Waals surface area (Å²) in [6, 6.07) is 8.70. The van der Waals surface area contributed by atoms with Gasteiger partial charge >= 0.3 is 0 Å². The summed E-state index contributed by atoms with van der Waals surface area (Å²) in [5.74, 6) is 1.55. The molecule has 0 saturated carbocycles. The van der Waals surface area contributed by atoms with Gasteiger partial charge in [-0.3, -0.25) is 9.97 Å². The molecule has 2 heterocycles. The van der Waals surface area contributed by atoms with E-state index in [2.05, 4.69) is 68.9 Å². The molecule has 2 rings (SSSR count). The minimum Gasteiger partial charge on any atom is -0.261 e. The number of pyridine rings is 2. The van der Waals surface area contributed by atoms with Gasteiger partial charge in [-0.2, -0.15) is 0 Å².